The predicted octanol–water partition coefficient (Wildman–Crippen LogP) is 4.02. The largest absolute Gasteiger partial charge is 0.389 e. The minimum absolute atomic E-state index is 0.343. The Kier molecular flexibility index (Phi) is 5.91. The van der Waals surface area contributed by atoms with Crippen molar-refractivity contribution >= 4 is 27.8 Å². The lowest BCUT2D eigenvalue weighted by molar-refractivity contribution is -0.144. The molecule has 0 spiro atoms. The normalized spacial score (nSPS) is 13.2. The summed E-state index contributed by atoms with van der Waals surface area (Å²) in [4.78, 5) is 8.93. The molecule has 1 unspecified atom stereocenters. The number of hydrogen-bond acceptors (Lipinski definition) is 6. The minimum Gasteiger partial charge on any atom is -0.389 e. The molecule has 2 aromatic carbocycles. The van der Waals surface area contributed by atoms with Gasteiger partial charge in [-0.2, -0.15) is 0 Å². The monoisotopic (exact) mass is 420 g/mol. The van der Waals surface area contributed by atoms with Crippen molar-refractivity contribution in [1.29, 1.82) is 0 Å². The number of fused-ring (bicyclic) bond motifs is 3. The number of nitrogens with zero attached hydrogens (tertiary/aromatic N) is 3. The van der Waals surface area contributed by atoms with E-state index in [4.69, 9.17) is 15.2 Å². The number of aromatic nitrogens is 3. The first-order chi connectivity index (χ1) is 14.8. The first kappa shape index (κ1) is 21.2. The molecule has 0 aliphatic rings. The Morgan fingerprint density at radius 2 is 1.77 bits per heavy atom. The van der Waals surface area contributed by atoms with Crippen LogP contribution in [0.2, 0.25) is 0 Å². The number of rotatable bonds is 8. The lowest BCUT2D eigenvalue weighted by atomic mass is 10.1. The van der Waals surface area contributed by atoms with E-state index in [-0.39, 0.29) is 6.29 Å². The standard InChI is InChI=1S/C24H28N4O3/c1-16(30-12-17-7-5-4-6-8-17)31-13-18-9-10-19-20(11-18)27-23(25)21-22(19)28(15-26-21)14-24(2,3)29/h4-11,15-16,29H,12-14H2,1-3H3,(H2,25,27). The van der Waals surface area contributed by atoms with Crippen molar-refractivity contribution in [2.75, 3.05) is 5.73 Å². The molecular weight excluding hydrogens is 392 g/mol. The van der Waals surface area contributed by atoms with Crippen LogP contribution < -0.4 is 5.73 Å². The number of hydrogen-bond donors (Lipinski definition) is 2. The van der Waals surface area contributed by atoms with Crippen LogP contribution in [0.3, 0.4) is 0 Å². The molecule has 0 radical (unpaired) electrons. The third-order valence-electron chi connectivity index (χ3n) is 5.01. The number of pyridine rings is 1. The van der Waals surface area contributed by atoms with Gasteiger partial charge in [0.1, 0.15) is 5.52 Å². The SMILES string of the molecule is CC(OCc1ccccc1)OCc1ccc2c(c1)nc(N)c1ncn(CC(C)(C)O)c12. The number of ether oxygens (including phenoxy) is 2. The first-order valence-corrected chi connectivity index (χ1v) is 10.3. The Hall–Kier alpha value is -3.00. The van der Waals surface area contributed by atoms with Gasteiger partial charge in [-0.15, -0.1) is 0 Å². The zero-order valence-corrected chi connectivity index (χ0v) is 18.1. The molecule has 0 aliphatic carbocycles. The summed E-state index contributed by atoms with van der Waals surface area (Å²) in [5, 5.41) is 11.2. The van der Waals surface area contributed by atoms with Crippen LogP contribution in [0, 0.1) is 0 Å². The van der Waals surface area contributed by atoms with E-state index in [1.807, 2.05) is 60.0 Å². The summed E-state index contributed by atoms with van der Waals surface area (Å²) >= 11 is 0. The van der Waals surface area contributed by atoms with E-state index in [1.54, 1.807) is 20.2 Å². The van der Waals surface area contributed by atoms with Gasteiger partial charge in [0, 0.05) is 5.39 Å². The summed E-state index contributed by atoms with van der Waals surface area (Å²) in [6, 6.07) is 16.0. The van der Waals surface area contributed by atoms with Gasteiger partial charge in [-0.1, -0.05) is 42.5 Å². The van der Waals surface area contributed by atoms with Crippen LogP contribution in [0.4, 0.5) is 5.82 Å². The highest BCUT2D eigenvalue weighted by molar-refractivity contribution is 6.06. The van der Waals surface area contributed by atoms with Gasteiger partial charge in [-0.05, 0) is 38.0 Å². The van der Waals surface area contributed by atoms with Crippen molar-refractivity contribution in [1.82, 2.24) is 14.5 Å². The molecule has 0 bridgehead atoms. The smallest absolute Gasteiger partial charge is 0.155 e. The number of nitrogen functional groups attached to an aromatic ring is 1. The van der Waals surface area contributed by atoms with Crippen molar-refractivity contribution in [3.63, 3.8) is 0 Å². The molecule has 3 N–H and O–H groups in total. The van der Waals surface area contributed by atoms with E-state index in [0.717, 1.165) is 27.5 Å². The van der Waals surface area contributed by atoms with Crippen LogP contribution in [-0.4, -0.2) is 31.5 Å². The van der Waals surface area contributed by atoms with Crippen LogP contribution in [-0.2, 0) is 29.2 Å². The lowest BCUT2D eigenvalue weighted by Crippen LogP contribution is -2.25. The fourth-order valence-corrected chi connectivity index (χ4v) is 3.58. The second-order valence-electron chi connectivity index (χ2n) is 8.41. The molecule has 7 heteroatoms. The van der Waals surface area contributed by atoms with Gasteiger partial charge in [0.2, 0.25) is 0 Å². The zero-order valence-electron chi connectivity index (χ0n) is 18.1. The van der Waals surface area contributed by atoms with E-state index < -0.39 is 5.60 Å². The highest BCUT2D eigenvalue weighted by Gasteiger charge is 2.18. The highest BCUT2D eigenvalue weighted by Crippen LogP contribution is 2.29. The average Bonchev–Trinajstić information content (AvgIpc) is 3.14. The van der Waals surface area contributed by atoms with Gasteiger partial charge < -0.3 is 24.9 Å². The molecule has 1 atom stereocenters. The molecule has 0 aliphatic heterocycles. The Balaban J connectivity index is 1.51. The van der Waals surface area contributed by atoms with Gasteiger partial charge in [0.15, 0.2) is 12.1 Å². The molecule has 7 nitrogen and oxygen atoms in total. The van der Waals surface area contributed by atoms with Gasteiger partial charge >= 0.3 is 0 Å². The number of nitrogens with two attached hydrogens (primary N) is 1. The minimum atomic E-state index is -0.873. The molecule has 31 heavy (non-hydrogen) atoms. The molecule has 0 fully saturated rings. The van der Waals surface area contributed by atoms with Crippen molar-refractivity contribution in [2.45, 2.75) is 52.4 Å². The first-order valence-electron chi connectivity index (χ1n) is 10.3. The quantitative estimate of drug-likeness (QED) is 0.418. The van der Waals surface area contributed by atoms with Crippen LogP contribution in [0.1, 0.15) is 31.9 Å². The number of aliphatic hydroxyl groups is 1. The Labute approximate surface area is 181 Å². The maximum absolute atomic E-state index is 10.2. The number of imidazole rings is 1. The van der Waals surface area contributed by atoms with Crippen molar-refractivity contribution < 1.29 is 14.6 Å². The van der Waals surface area contributed by atoms with Crippen LogP contribution in [0.15, 0.2) is 54.9 Å². The summed E-state index contributed by atoms with van der Waals surface area (Å²) in [6.45, 7) is 6.72. The summed E-state index contributed by atoms with van der Waals surface area (Å²) in [5.41, 5.74) is 9.65. The van der Waals surface area contributed by atoms with Crippen molar-refractivity contribution in [3.05, 3.63) is 66.0 Å². The topological polar surface area (TPSA) is 95.4 Å². The van der Waals surface area contributed by atoms with Crippen LogP contribution in [0.5, 0.6) is 0 Å². The van der Waals surface area contributed by atoms with E-state index in [9.17, 15) is 5.11 Å². The predicted molar refractivity (Wildman–Crippen MR) is 121 cm³/mol. The zero-order chi connectivity index (χ0) is 22.0. The van der Waals surface area contributed by atoms with Crippen molar-refractivity contribution in [2.24, 2.45) is 0 Å². The Bertz CT molecular complexity index is 1180. The Morgan fingerprint density at radius 1 is 1.06 bits per heavy atom. The second kappa shape index (κ2) is 8.63. The highest BCUT2D eigenvalue weighted by atomic mass is 16.7. The second-order valence-corrected chi connectivity index (χ2v) is 8.41. The molecule has 4 rings (SSSR count). The number of benzene rings is 2. The van der Waals surface area contributed by atoms with Gasteiger partial charge in [-0.3, -0.25) is 0 Å². The van der Waals surface area contributed by atoms with Gasteiger partial charge in [-0.25, -0.2) is 9.97 Å². The maximum atomic E-state index is 10.2. The van der Waals surface area contributed by atoms with Gasteiger partial charge in [0.25, 0.3) is 0 Å². The molecular formula is C24H28N4O3. The molecule has 0 saturated heterocycles. The summed E-state index contributed by atoms with van der Waals surface area (Å²) in [6.07, 6.45) is 1.35. The van der Waals surface area contributed by atoms with Crippen LogP contribution in [0.25, 0.3) is 21.9 Å². The van der Waals surface area contributed by atoms with E-state index in [1.165, 1.54) is 0 Å². The lowest BCUT2D eigenvalue weighted by Gasteiger charge is -2.19. The molecule has 162 valence electrons. The maximum Gasteiger partial charge on any atom is 0.155 e. The summed E-state index contributed by atoms with van der Waals surface area (Å²) in [5.74, 6) is 0.370. The summed E-state index contributed by atoms with van der Waals surface area (Å²) in [7, 11) is 0. The van der Waals surface area contributed by atoms with E-state index in [2.05, 4.69) is 9.97 Å². The number of anilines is 1. The van der Waals surface area contributed by atoms with Gasteiger partial charge in [0.05, 0.1) is 42.7 Å². The van der Waals surface area contributed by atoms with E-state index >= 15 is 0 Å². The van der Waals surface area contributed by atoms with Crippen LogP contribution >= 0.6 is 0 Å². The molecule has 2 aromatic heterocycles. The Morgan fingerprint density at radius 3 is 2.48 bits per heavy atom. The molecule has 2 heterocycles. The molecule has 0 saturated carbocycles. The summed E-state index contributed by atoms with van der Waals surface area (Å²) < 4.78 is 13.6. The van der Waals surface area contributed by atoms with E-state index in [0.29, 0.717) is 31.1 Å². The third-order valence-corrected chi connectivity index (χ3v) is 5.01. The fraction of sp³-hybridized carbons (Fsp3) is 0.333. The average molecular weight is 421 g/mol. The fourth-order valence-electron chi connectivity index (χ4n) is 3.58. The third kappa shape index (κ3) is 5.02. The molecule has 4 aromatic rings. The molecule has 0 amide bonds. The van der Waals surface area contributed by atoms with Crippen molar-refractivity contribution in [3.8, 4) is 0 Å².